The molecular weight excluding hydrogens is 232 g/mol. The maximum atomic E-state index is 11.4. The van der Waals surface area contributed by atoms with Crippen LogP contribution in [-0.4, -0.2) is 60.4 Å². The molecule has 5 nitrogen and oxygen atoms in total. The van der Waals surface area contributed by atoms with Crippen molar-refractivity contribution in [3.63, 3.8) is 0 Å². The van der Waals surface area contributed by atoms with E-state index >= 15 is 0 Å². The van der Waals surface area contributed by atoms with E-state index in [1.54, 1.807) is 0 Å². The molecule has 1 rings (SSSR count). The highest BCUT2D eigenvalue weighted by atomic mass is 16.5. The van der Waals surface area contributed by atoms with E-state index in [-0.39, 0.29) is 6.10 Å². The Morgan fingerprint density at radius 1 is 1.44 bits per heavy atom. The zero-order chi connectivity index (χ0) is 13.6. The number of hydrogen-bond donors (Lipinski definition) is 2. The van der Waals surface area contributed by atoms with Crippen LogP contribution in [-0.2, 0) is 9.53 Å². The molecule has 0 aromatic carbocycles. The van der Waals surface area contributed by atoms with Crippen LogP contribution in [0.1, 0.15) is 33.6 Å². The average Bonchev–Trinajstić information content (AvgIpc) is 2.40. The third-order valence-electron chi connectivity index (χ3n) is 3.95. The van der Waals surface area contributed by atoms with Gasteiger partial charge in [-0.05, 0) is 19.4 Å². The highest BCUT2D eigenvalue weighted by Gasteiger charge is 2.35. The van der Waals surface area contributed by atoms with E-state index in [0.717, 1.165) is 26.2 Å². The largest absolute Gasteiger partial charge is 0.480 e. The summed E-state index contributed by atoms with van der Waals surface area (Å²) in [5.74, 6) is -0.768. The van der Waals surface area contributed by atoms with Gasteiger partial charge in [0.25, 0.3) is 0 Å². The zero-order valence-corrected chi connectivity index (χ0v) is 11.7. The molecule has 18 heavy (non-hydrogen) atoms. The van der Waals surface area contributed by atoms with Gasteiger partial charge in [0.1, 0.15) is 5.54 Å². The summed E-state index contributed by atoms with van der Waals surface area (Å²) >= 11 is 0. The SMILES string of the molecule is CCN1CCOC(CNC(CC)(CC)C(=O)O)C1. The third kappa shape index (κ3) is 3.67. The minimum absolute atomic E-state index is 0.0931. The molecule has 0 aromatic rings. The first-order valence-corrected chi connectivity index (χ1v) is 6.90. The first-order valence-electron chi connectivity index (χ1n) is 6.90. The van der Waals surface area contributed by atoms with Crippen molar-refractivity contribution in [2.24, 2.45) is 0 Å². The van der Waals surface area contributed by atoms with Gasteiger partial charge in [0.05, 0.1) is 12.7 Å². The van der Waals surface area contributed by atoms with Gasteiger partial charge in [0.15, 0.2) is 0 Å². The molecule has 0 aliphatic carbocycles. The highest BCUT2D eigenvalue weighted by molar-refractivity contribution is 5.78. The monoisotopic (exact) mass is 258 g/mol. The fourth-order valence-electron chi connectivity index (χ4n) is 2.38. The Balaban J connectivity index is 2.49. The lowest BCUT2D eigenvalue weighted by atomic mass is 9.92. The summed E-state index contributed by atoms with van der Waals surface area (Å²) in [7, 11) is 0. The van der Waals surface area contributed by atoms with Crippen molar-refractivity contribution >= 4 is 5.97 Å². The molecular formula is C13H26N2O3. The van der Waals surface area contributed by atoms with Crippen molar-refractivity contribution in [1.82, 2.24) is 10.2 Å². The quantitative estimate of drug-likeness (QED) is 0.711. The molecule has 1 unspecified atom stereocenters. The van der Waals surface area contributed by atoms with Gasteiger partial charge in [-0.3, -0.25) is 15.0 Å². The summed E-state index contributed by atoms with van der Waals surface area (Å²) in [6.07, 6.45) is 1.27. The van der Waals surface area contributed by atoms with E-state index < -0.39 is 11.5 Å². The van der Waals surface area contributed by atoms with Gasteiger partial charge in [0, 0.05) is 19.6 Å². The van der Waals surface area contributed by atoms with Crippen LogP contribution in [0.3, 0.4) is 0 Å². The van der Waals surface area contributed by atoms with Crippen LogP contribution < -0.4 is 5.32 Å². The van der Waals surface area contributed by atoms with Crippen LogP contribution in [0.5, 0.6) is 0 Å². The Morgan fingerprint density at radius 2 is 2.11 bits per heavy atom. The fraction of sp³-hybridized carbons (Fsp3) is 0.923. The first-order chi connectivity index (χ1) is 8.57. The van der Waals surface area contributed by atoms with Crippen LogP contribution in [0.2, 0.25) is 0 Å². The van der Waals surface area contributed by atoms with Crippen molar-refractivity contribution in [1.29, 1.82) is 0 Å². The number of carbonyl (C=O) groups is 1. The van der Waals surface area contributed by atoms with E-state index in [9.17, 15) is 9.90 Å². The van der Waals surface area contributed by atoms with Crippen molar-refractivity contribution in [3.05, 3.63) is 0 Å². The van der Waals surface area contributed by atoms with Crippen LogP contribution >= 0.6 is 0 Å². The number of rotatable bonds is 7. The summed E-state index contributed by atoms with van der Waals surface area (Å²) in [6.45, 7) is 10.2. The number of morpholine rings is 1. The molecule has 106 valence electrons. The van der Waals surface area contributed by atoms with E-state index in [2.05, 4.69) is 17.1 Å². The second kappa shape index (κ2) is 7.07. The summed E-state index contributed by atoms with van der Waals surface area (Å²) < 4.78 is 5.68. The lowest BCUT2D eigenvalue weighted by molar-refractivity contribution is -0.145. The van der Waals surface area contributed by atoms with Gasteiger partial charge < -0.3 is 9.84 Å². The molecule has 0 bridgehead atoms. The summed E-state index contributed by atoms with van der Waals surface area (Å²) in [5, 5.41) is 12.5. The molecule has 1 saturated heterocycles. The first kappa shape index (κ1) is 15.4. The van der Waals surface area contributed by atoms with Crippen LogP contribution in [0.4, 0.5) is 0 Å². The normalized spacial score (nSPS) is 22.1. The molecule has 0 amide bonds. The molecule has 5 heteroatoms. The van der Waals surface area contributed by atoms with Crippen LogP contribution in [0.25, 0.3) is 0 Å². The number of likely N-dealkylation sites (N-methyl/N-ethyl adjacent to an activating group) is 1. The molecule has 0 saturated carbocycles. The van der Waals surface area contributed by atoms with Crippen molar-refractivity contribution in [2.75, 3.05) is 32.8 Å². The molecule has 0 radical (unpaired) electrons. The Labute approximate surface area is 109 Å². The van der Waals surface area contributed by atoms with Gasteiger partial charge in [-0.15, -0.1) is 0 Å². The molecule has 0 spiro atoms. The fourth-order valence-corrected chi connectivity index (χ4v) is 2.38. The van der Waals surface area contributed by atoms with E-state index in [0.29, 0.717) is 19.4 Å². The predicted octanol–water partition coefficient (Wildman–Crippen LogP) is 0.940. The van der Waals surface area contributed by atoms with E-state index in [4.69, 9.17) is 4.74 Å². The number of carboxylic acids is 1. The van der Waals surface area contributed by atoms with E-state index in [1.165, 1.54) is 0 Å². The van der Waals surface area contributed by atoms with Gasteiger partial charge >= 0.3 is 5.97 Å². The lowest BCUT2D eigenvalue weighted by Crippen LogP contribution is -2.56. The Hall–Kier alpha value is -0.650. The van der Waals surface area contributed by atoms with Crippen LogP contribution in [0, 0.1) is 0 Å². The Morgan fingerprint density at radius 3 is 2.61 bits per heavy atom. The van der Waals surface area contributed by atoms with Gasteiger partial charge in [0.2, 0.25) is 0 Å². The van der Waals surface area contributed by atoms with Gasteiger partial charge in [-0.25, -0.2) is 0 Å². The second-order valence-electron chi connectivity index (χ2n) is 4.86. The summed E-state index contributed by atoms with van der Waals surface area (Å²) in [5.41, 5.74) is -0.808. The summed E-state index contributed by atoms with van der Waals surface area (Å²) in [4.78, 5) is 13.7. The molecule has 2 N–H and O–H groups in total. The average molecular weight is 258 g/mol. The van der Waals surface area contributed by atoms with Crippen molar-refractivity contribution < 1.29 is 14.6 Å². The summed E-state index contributed by atoms with van der Waals surface area (Å²) in [6, 6.07) is 0. The zero-order valence-electron chi connectivity index (χ0n) is 11.7. The minimum atomic E-state index is -0.808. The van der Waals surface area contributed by atoms with E-state index in [1.807, 2.05) is 13.8 Å². The molecule has 1 atom stereocenters. The maximum Gasteiger partial charge on any atom is 0.323 e. The Bertz CT molecular complexity index is 267. The van der Waals surface area contributed by atoms with Crippen molar-refractivity contribution in [3.8, 4) is 0 Å². The van der Waals surface area contributed by atoms with Gasteiger partial charge in [-0.2, -0.15) is 0 Å². The topological polar surface area (TPSA) is 61.8 Å². The second-order valence-corrected chi connectivity index (χ2v) is 4.86. The highest BCUT2D eigenvalue weighted by Crippen LogP contribution is 2.16. The number of aliphatic carboxylic acids is 1. The number of carboxylic acid groups (broad SMARTS) is 1. The minimum Gasteiger partial charge on any atom is -0.480 e. The predicted molar refractivity (Wildman–Crippen MR) is 70.8 cm³/mol. The number of nitrogens with one attached hydrogen (secondary N) is 1. The maximum absolute atomic E-state index is 11.4. The van der Waals surface area contributed by atoms with Gasteiger partial charge in [-0.1, -0.05) is 20.8 Å². The molecule has 1 fully saturated rings. The molecule has 1 aliphatic rings. The molecule has 0 aromatic heterocycles. The Kier molecular flexibility index (Phi) is 6.05. The lowest BCUT2D eigenvalue weighted by Gasteiger charge is -2.35. The third-order valence-corrected chi connectivity index (χ3v) is 3.95. The standard InChI is InChI=1S/C13H26N2O3/c1-4-13(5-2,12(16)17)14-9-11-10-15(6-3)7-8-18-11/h11,14H,4-10H2,1-3H3,(H,16,17). The van der Waals surface area contributed by atoms with Crippen LogP contribution in [0.15, 0.2) is 0 Å². The molecule has 1 heterocycles. The number of ether oxygens (including phenoxy) is 1. The number of nitrogens with zero attached hydrogens (tertiary/aromatic N) is 1. The number of hydrogen-bond acceptors (Lipinski definition) is 4. The molecule has 1 aliphatic heterocycles. The van der Waals surface area contributed by atoms with Crippen molar-refractivity contribution in [2.45, 2.75) is 45.3 Å². The smallest absolute Gasteiger partial charge is 0.323 e.